The number of aryl methyl sites for hydroxylation is 3. The van der Waals surface area contributed by atoms with E-state index < -0.39 is 0 Å². The third-order valence-electron chi connectivity index (χ3n) is 3.19. The zero-order valence-corrected chi connectivity index (χ0v) is 13.6. The van der Waals surface area contributed by atoms with Gasteiger partial charge in [0.2, 0.25) is 5.89 Å². The normalized spacial score (nSPS) is 11.7. The van der Waals surface area contributed by atoms with Gasteiger partial charge in [0.15, 0.2) is 11.7 Å². The van der Waals surface area contributed by atoms with Gasteiger partial charge in [-0.1, -0.05) is 12.1 Å². The lowest BCUT2D eigenvalue weighted by molar-refractivity contribution is 0.379. The highest BCUT2D eigenvalue weighted by molar-refractivity contribution is 5.79. The molecule has 0 aromatic carbocycles. The third-order valence-corrected chi connectivity index (χ3v) is 3.19. The van der Waals surface area contributed by atoms with Crippen molar-refractivity contribution < 1.29 is 8.94 Å². The predicted octanol–water partition coefficient (Wildman–Crippen LogP) is 2.10. The fourth-order valence-corrected chi connectivity index (χ4v) is 1.87. The van der Waals surface area contributed by atoms with Crippen LogP contribution in [0.3, 0.4) is 0 Å². The van der Waals surface area contributed by atoms with E-state index in [0.29, 0.717) is 24.9 Å². The molecule has 0 unspecified atom stereocenters. The molecule has 2 rings (SSSR count). The molecule has 2 aromatic rings. The van der Waals surface area contributed by atoms with E-state index in [-0.39, 0.29) is 0 Å². The molecule has 0 aliphatic rings. The van der Waals surface area contributed by atoms with Crippen molar-refractivity contribution in [2.75, 3.05) is 6.54 Å². The highest BCUT2D eigenvalue weighted by Crippen LogP contribution is 2.08. The lowest BCUT2D eigenvalue weighted by atomic mass is 10.3. The first-order valence-corrected chi connectivity index (χ1v) is 7.51. The van der Waals surface area contributed by atoms with Crippen LogP contribution in [-0.2, 0) is 19.5 Å². The Morgan fingerprint density at radius 2 is 2.09 bits per heavy atom. The van der Waals surface area contributed by atoms with Gasteiger partial charge in [-0.2, -0.15) is 0 Å². The second kappa shape index (κ2) is 7.63. The summed E-state index contributed by atoms with van der Waals surface area (Å²) >= 11 is 0. The Labute approximate surface area is 130 Å². The molecular formula is C15H23N5O2. The molecule has 2 N–H and O–H groups in total. The average molecular weight is 305 g/mol. The Hall–Kier alpha value is -2.31. The van der Waals surface area contributed by atoms with Crippen LogP contribution in [-0.4, -0.2) is 22.6 Å². The van der Waals surface area contributed by atoms with Crippen LogP contribution in [0.2, 0.25) is 0 Å². The minimum Gasteiger partial charge on any atom is -0.444 e. The van der Waals surface area contributed by atoms with Gasteiger partial charge >= 0.3 is 0 Å². The minimum atomic E-state index is 0.436. The molecule has 0 saturated carbocycles. The SMILES string of the molecule is CCNC(=NCc1cc(CC)no1)NCc1nc(C)c(C)o1. The molecule has 7 heteroatoms. The molecule has 0 bridgehead atoms. The number of nitrogens with zero attached hydrogens (tertiary/aromatic N) is 3. The van der Waals surface area contributed by atoms with Crippen molar-refractivity contribution in [2.24, 2.45) is 4.99 Å². The molecule has 2 aromatic heterocycles. The number of aliphatic imine (C=N–C) groups is 1. The molecule has 120 valence electrons. The minimum absolute atomic E-state index is 0.436. The number of aromatic nitrogens is 2. The van der Waals surface area contributed by atoms with Gasteiger partial charge in [-0.3, -0.25) is 0 Å². The Kier molecular flexibility index (Phi) is 5.57. The Balaban J connectivity index is 1.94. The highest BCUT2D eigenvalue weighted by atomic mass is 16.5. The van der Waals surface area contributed by atoms with Gasteiger partial charge in [0.1, 0.15) is 12.3 Å². The van der Waals surface area contributed by atoms with Gasteiger partial charge in [-0.25, -0.2) is 9.98 Å². The summed E-state index contributed by atoms with van der Waals surface area (Å²) < 4.78 is 10.8. The van der Waals surface area contributed by atoms with Gasteiger partial charge in [-0.05, 0) is 27.2 Å². The van der Waals surface area contributed by atoms with Crippen molar-refractivity contribution in [2.45, 2.75) is 47.2 Å². The number of hydrogen-bond acceptors (Lipinski definition) is 5. The lowest BCUT2D eigenvalue weighted by Crippen LogP contribution is -2.36. The van der Waals surface area contributed by atoms with E-state index in [2.05, 4.69) is 25.8 Å². The molecule has 0 radical (unpaired) electrons. The van der Waals surface area contributed by atoms with E-state index >= 15 is 0 Å². The van der Waals surface area contributed by atoms with Gasteiger partial charge in [0, 0.05) is 12.6 Å². The largest absolute Gasteiger partial charge is 0.444 e. The van der Waals surface area contributed by atoms with Crippen molar-refractivity contribution in [1.29, 1.82) is 0 Å². The maximum absolute atomic E-state index is 5.54. The quantitative estimate of drug-likeness (QED) is 0.627. The smallest absolute Gasteiger partial charge is 0.214 e. The van der Waals surface area contributed by atoms with Crippen molar-refractivity contribution in [1.82, 2.24) is 20.8 Å². The molecule has 0 aliphatic carbocycles. The van der Waals surface area contributed by atoms with Gasteiger partial charge in [-0.15, -0.1) is 0 Å². The Morgan fingerprint density at radius 1 is 1.27 bits per heavy atom. The molecule has 22 heavy (non-hydrogen) atoms. The molecule has 2 heterocycles. The maximum atomic E-state index is 5.54. The molecule has 0 aliphatic heterocycles. The zero-order valence-electron chi connectivity index (χ0n) is 13.6. The third kappa shape index (κ3) is 4.34. The van der Waals surface area contributed by atoms with E-state index in [1.54, 1.807) is 0 Å². The highest BCUT2D eigenvalue weighted by Gasteiger charge is 2.07. The number of rotatable bonds is 6. The molecule has 0 fully saturated rings. The van der Waals surface area contributed by atoms with Crippen molar-refractivity contribution in [3.05, 3.63) is 34.9 Å². The predicted molar refractivity (Wildman–Crippen MR) is 83.5 cm³/mol. The summed E-state index contributed by atoms with van der Waals surface area (Å²) in [5.74, 6) is 2.92. The van der Waals surface area contributed by atoms with Gasteiger partial charge in [0.25, 0.3) is 0 Å². The second-order valence-corrected chi connectivity index (χ2v) is 4.94. The molecule has 0 spiro atoms. The number of nitrogens with one attached hydrogen (secondary N) is 2. The van der Waals surface area contributed by atoms with Gasteiger partial charge < -0.3 is 19.6 Å². The average Bonchev–Trinajstić information content (AvgIpc) is 3.09. The maximum Gasteiger partial charge on any atom is 0.214 e. The van der Waals surface area contributed by atoms with Crippen LogP contribution < -0.4 is 10.6 Å². The second-order valence-electron chi connectivity index (χ2n) is 4.94. The molecule has 7 nitrogen and oxygen atoms in total. The van der Waals surface area contributed by atoms with E-state index in [4.69, 9.17) is 8.94 Å². The topological polar surface area (TPSA) is 88.5 Å². The summed E-state index contributed by atoms with van der Waals surface area (Å²) in [6, 6.07) is 1.92. The fourth-order valence-electron chi connectivity index (χ4n) is 1.87. The van der Waals surface area contributed by atoms with Crippen molar-refractivity contribution in [3.8, 4) is 0 Å². The van der Waals surface area contributed by atoms with E-state index in [1.807, 2.05) is 33.8 Å². The van der Waals surface area contributed by atoms with Crippen LogP contribution in [0.1, 0.15) is 42.6 Å². The van der Waals surface area contributed by atoms with Crippen LogP contribution in [0.4, 0.5) is 0 Å². The monoisotopic (exact) mass is 305 g/mol. The van der Waals surface area contributed by atoms with Crippen LogP contribution in [0.15, 0.2) is 20.0 Å². The van der Waals surface area contributed by atoms with Crippen LogP contribution in [0, 0.1) is 13.8 Å². The van der Waals surface area contributed by atoms with E-state index in [1.165, 1.54) is 0 Å². The lowest BCUT2D eigenvalue weighted by Gasteiger charge is -2.08. The first kappa shape index (κ1) is 16.1. The molecule has 0 atom stereocenters. The Bertz CT molecular complexity index is 610. The summed E-state index contributed by atoms with van der Waals surface area (Å²) in [5, 5.41) is 10.3. The van der Waals surface area contributed by atoms with E-state index in [9.17, 15) is 0 Å². The van der Waals surface area contributed by atoms with Crippen LogP contribution in [0.5, 0.6) is 0 Å². The van der Waals surface area contributed by atoms with Gasteiger partial charge in [0.05, 0.1) is 17.9 Å². The summed E-state index contributed by atoms with van der Waals surface area (Å²) in [4.78, 5) is 8.80. The molecule has 0 amide bonds. The first-order valence-electron chi connectivity index (χ1n) is 7.51. The summed E-state index contributed by atoms with van der Waals surface area (Å²) in [7, 11) is 0. The fraction of sp³-hybridized carbons (Fsp3) is 0.533. The van der Waals surface area contributed by atoms with Crippen molar-refractivity contribution >= 4 is 5.96 Å². The van der Waals surface area contributed by atoms with Crippen LogP contribution in [0.25, 0.3) is 0 Å². The number of hydrogen-bond donors (Lipinski definition) is 2. The number of guanidine groups is 1. The molecular weight excluding hydrogens is 282 g/mol. The standard InChI is InChI=1S/C15H23N5O2/c1-5-12-7-13(22-20-12)8-17-15(16-6-2)18-9-14-19-10(3)11(4)21-14/h7H,5-6,8-9H2,1-4H3,(H2,16,17,18). The molecule has 0 saturated heterocycles. The summed E-state index contributed by atoms with van der Waals surface area (Å²) in [6.07, 6.45) is 0.856. The zero-order chi connectivity index (χ0) is 15.9. The number of oxazole rings is 1. The Morgan fingerprint density at radius 3 is 2.68 bits per heavy atom. The van der Waals surface area contributed by atoms with E-state index in [0.717, 1.165) is 35.9 Å². The summed E-state index contributed by atoms with van der Waals surface area (Å²) in [5.41, 5.74) is 1.85. The summed E-state index contributed by atoms with van der Waals surface area (Å²) in [6.45, 7) is 9.57. The van der Waals surface area contributed by atoms with Crippen LogP contribution >= 0.6 is 0 Å². The first-order chi connectivity index (χ1) is 10.6. The van der Waals surface area contributed by atoms with Crippen molar-refractivity contribution in [3.63, 3.8) is 0 Å².